The fourth-order valence-corrected chi connectivity index (χ4v) is 3.35. The molecule has 2 heterocycles. The van der Waals surface area contributed by atoms with E-state index in [0.29, 0.717) is 6.42 Å². The van der Waals surface area contributed by atoms with Crippen LogP contribution in [0.15, 0.2) is 30.3 Å². The van der Waals surface area contributed by atoms with Crippen molar-refractivity contribution in [3.63, 3.8) is 0 Å². The molecular formula is C16H20N4OS. The van der Waals surface area contributed by atoms with Gasteiger partial charge in [-0.15, -0.1) is 0 Å². The fraction of sp³-hybridized carbons (Fsp3) is 0.438. The first-order valence-corrected chi connectivity index (χ1v) is 8.43. The van der Waals surface area contributed by atoms with E-state index < -0.39 is 0 Å². The first-order chi connectivity index (χ1) is 10.8. The smallest absolute Gasteiger partial charge is 0.227 e. The average molecular weight is 316 g/mol. The molecule has 0 saturated carbocycles. The average Bonchev–Trinajstić information content (AvgIpc) is 3.05. The Balaban J connectivity index is 1.54. The van der Waals surface area contributed by atoms with E-state index in [1.807, 2.05) is 35.2 Å². The van der Waals surface area contributed by atoms with Gasteiger partial charge in [-0.1, -0.05) is 37.3 Å². The van der Waals surface area contributed by atoms with E-state index in [4.69, 9.17) is 0 Å². The minimum Gasteiger partial charge on any atom is -0.343 e. The summed E-state index contributed by atoms with van der Waals surface area (Å²) < 4.78 is 4.33. The van der Waals surface area contributed by atoms with E-state index in [2.05, 4.69) is 21.2 Å². The lowest BCUT2D eigenvalue weighted by molar-refractivity contribution is -0.130. The van der Waals surface area contributed by atoms with Crippen LogP contribution in [0, 0.1) is 0 Å². The maximum Gasteiger partial charge on any atom is 0.227 e. The minimum absolute atomic E-state index is 0.206. The van der Waals surface area contributed by atoms with Crippen LogP contribution in [0.25, 0.3) is 0 Å². The molecule has 1 aliphatic rings. The summed E-state index contributed by atoms with van der Waals surface area (Å²) in [5, 5.41) is 0.979. The van der Waals surface area contributed by atoms with Gasteiger partial charge in [-0.3, -0.25) is 4.79 Å². The SMILES string of the molecule is CCc1nsc(N2CCN(C(=O)Cc3ccccc3)CC2)n1. The molecule has 0 N–H and O–H groups in total. The quantitative estimate of drug-likeness (QED) is 0.865. The number of piperazine rings is 1. The molecule has 6 heteroatoms. The molecule has 1 fully saturated rings. The number of hydrogen-bond acceptors (Lipinski definition) is 5. The second kappa shape index (κ2) is 6.87. The summed E-state index contributed by atoms with van der Waals surface area (Å²) in [4.78, 5) is 21.0. The van der Waals surface area contributed by atoms with Crippen LogP contribution in [0.3, 0.4) is 0 Å². The van der Waals surface area contributed by atoms with Gasteiger partial charge in [0.25, 0.3) is 0 Å². The van der Waals surface area contributed by atoms with E-state index in [-0.39, 0.29) is 5.91 Å². The first-order valence-electron chi connectivity index (χ1n) is 7.65. The Morgan fingerprint density at radius 2 is 1.91 bits per heavy atom. The Morgan fingerprint density at radius 1 is 1.18 bits per heavy atom. The van der Waals surface area contributed by atoms with E-state index in [9.17, 15) is 4.79 Å². The molecule has 116 valence electrons. The van der Waals surface area contributed by atoms with Gasteiger partial charge in [0.05, 0.1) is 6.42 Å². The van der Waals surface area contributed by atoms with Crippen LogP contribution >= 0.6 is 11.5 Å². The zero-order chi connectivity index (χ0) is 15.4. The molecule has 0 radical (unpaired) electrons. The van der Waals surface area contributed by atoms with E-state index in [1.54, 1.807) is 0 Å². The summed E-state index contributed by atoms with van der Waals surface area (Å²) in [6.07, 6.45) is 1.35. The number of aromatic nitrogens is 2. The van der Waals surface area contributed by atoms with Crippen molar-refractivity contribution in [3.05, 3.63) is 41.7 Å². The number of anilines is 1. The molecule has 0 spiro atoms. The number of nitrogens with zero attached hydrogens (tertiary/aromatic N) is 4. The third kappa shape index (κ3) is 3.44. The van der Waals surface area contributed by atoms with Gasteiger partial charge < -0.3 is 9.80 Å². The van der Waals surface area contributed by atoms with Gasteiger partial charge in [0, 0.05) is 44.1 Å². The van der Waals surface area contributed by atoms with Crippen LogP contribution in [0.1, 0.15) is 18.3 Å². The Labute approximate surface area is 134 Å². The lowest BCUT2D eigenvalue weighted by Gasteiger charge is -2.34. The summed E-state index contributed by atoms with van der Waals surface area (Å²) >= 11 is 1.45. The van der Waals surface area contributed by atoms with Crippen molar-refractivity contribution in [1.82, 2.24) is 14.3 Å². The van der Waals surface area contributed by atoms with Gasteiger partial charge in [-0.2, -0.15) is 4.37 Å². The molecule has 0 bridgehead atoms. The van der Waals surface area contributed by atoms with Gasteiger partial charge in [-0.25, -0.2) is 4.98 Å². The molecule has 1 aromatic heterocycles. The molecule has 0 atom stereocenters. The molecule has 1 aliphatic heterocycles. The fourth-order valence-electron chi connectivity index (χ4n) is 2.55. The standard InChI is InChI=1S/C16H20N4OS/c1-2-14-17-16(22-18-14)20-10-8-19(9-11-20)15(21)12-13-6-4-3-5-7-13/h3-7H,2,8-12H2,1H3. The zero-order valence-corrected chi connectivity index (χ0v) is 13.6. The lowest BCUT2D eigenvalue weighted by Crippen LogP contribution is -2.49. The van der Waals surface area contributed by atoms with Crippen molar-refractivity contribution < 1.29 is 4.79 Å². The van der Waals surface area contributed by atoms with E-state index in [0.717, 1.165) is 49.1 Å². The molecule has 3 rings (SSSR count). The van der Waals surface area contributed by atoms with Crippen molar-refractivity contribution in [1.29, 1.82) is 0 Å². The number of amides is 1. The number of rotatable bonds is 4. The van der Waals surface area contributed by atoms with Crippen LogP contribution in [-0.2, 0) is 17.6 Å². The molecular weight excluding hydrogens is 296 g/mol. The van der Waals surface area contributed by atoms with Crippen LogP contribution in [0.4, 0.5) is 5.13 Å². The topological polar surface area (TPSA) is 49.3 Å². The van der Waals surface area contributed by atoms with Gasteiger partial charge in [0.15, 0.2) is 0 Å². The van der Waals surface area contributed by atoms with Gasteiger partial charge in [-0.05, 0) is 5.56 Å². The van der Waals surface area contributed by atoms with E-state index in [1.165, 1.54) is 11.5 Å². The summed E-state index contributed by atoms with van der Waals surface area (Å²) in [5.41, 5.74) is 1.08. The van der Waals surface area contributed by atoms with Crippen molar-refractivity contribution in [2.45, 2.75) is 19.8 Å². The highest BCUT2D eigenvalue weighted by Crippen LogP contribution is 2.19. The van der Waals surface area contributed by atoms with Gasteiger partial charge in [0.2, 0.25) is 11.0 Å². The normalized spacial score (nSPS) is 15.1. The molecule has 1 saturated heterocycles. The zero-order valence-electron chi connectivity index (χ0n) is 12.7. The Bertz CT molecular complexity index is 620. The summed E-state index contributed by atoms with van der Waals surface area (Å²) in [7, 11) is 0. The van der Waals surface area contributed by atoms with Gasteiger partial charge >= 0.3 is 0 Å². The highest BCUT2D eigenvalue weighted by Gasteiger charge is 2.23. The highest BCUT2D eigenvalue weighted by molar-refractivity contribution is 7.09. The Hall–Kier alpha value is -1.95. The number of benzene rings is 1. The number of aryl methyl sites for hydroxylation is 1. The minimum atomic E-state index is 0.206. The molecule has 5 nitrogen and oxygen atoms in total. The number of carbonyl (C=O) groups is 1. The monoisotopic (exact) mass is 316 g/mol. The third-order valence-corrected chi connectivity index (χ3v) is 4.69. The van der Waals surface area contributed by atoms with Crippen LogP contribution < -0.4 is 4.90 Å². The summed E-state index contributed by atoms with van der Waals surface area (Å²) in [6.45, 7) is 5.24. The molecule has 0 aliphatic carbocycles. The second-order valence-electron chi connectivity index (χ2n) is 5.38. The van der Waals surface area contributed by atoms with Crippen molar-refractivity contribution in [2.75, 3.05) is 31.1 Å². The van der Waals surface area contributed by atoms with Crippen molar-refractivity contribution >= 4 is 22.6 Å². The van der Waals surface area contributed by atoms with Gasteiger partial charge in [0.1, 0.15) is 5.82 Å². The highest BCUT2D eigenvalue weighted by atomic mass is 32.1. The third-order valence-electron chi connectivity index (χ3n) is 3.87. The van der Waals surface area contributed by atoms with Crippen LogP contribution in [-0.4, -0.2) is 46.3 Å². The maximum absolute atomic E-state index is 12.3. The van der Waals surface area contributed by atoms with E-state index >= 15 is 0 Å². The molecule has 1 amide bonds. The van der Waals surface area contributed by atoms with Crippen LogP contribution in [0.2, 0.25) is 0 Å². The Morgan fingerprint density at radius 3 is 2.55 bits per heavy atom. The summed E-state index contributed by atoms with van der Waals surface area (Å²) in [6, 6.07) is 9.92. The largest absolute Gasteiger partial charge is 0.343 e. The predicted octanol–water partition coefficient (Wildman–Crippen LogP) is 1.99. The van der Waals surface area contributed by atoms with Crippen LogP contribution in [0.5, 0.6) is 0 Å². The number of hydrogen-bond donors (Lipinski definition) is 0. The van der Waals surface area contributed by atoms with Crippen molar-refractivity contribution in [2.24, 2.45) is 0 Å². The lowest BCUT2D eigenvalue weighted by atomic mass is 10.1. The number of carbonyl (C=O) groups excluding carboxylic acids is 1. The predicted molar refractivity (Wildman–Crippen MR) is 88.2 cm³/mol. The summed E-state index contributed by atoms with van der Waals surface area (Å²) in [5.74, 6) is 1.11. The second-order valence-corrected chi connectivity index (χ2v) is 6.11. The molecule has 0 unspecified atom stereocenters. The van der Waals surface area contributed by atoms with Crippen molar-refractivity contribution in [3.8, 4) is 0 Å². The maximum atomic E-state index is 12.3. The molecule has 1 aromatic carbocycles. The Kier molecular flexibility index (Phi) is 4.68. The first kappa shape index (κ1) is 15.0. The molecule has 2 aromatic rings. The molecule has 22 heavy (non-hydrogen) atoms.